The van der Waals surface area contributed by atoms with Gasteiger partial charge in [0.2, 0.25) is 5.89 Å². The third-order valence-corrected chi connectivity index (χ3v) is 2.81. The Kier molecular flexibility index (Phi) is 3.33. The van der Waals surface area contributed by atoms with Crippen LogP contribution in [0.2, 0.25) is 0 Å². The van der Waals surface area contributed by atoms with Crippen LogP contribution in [0.4, 0.5) is 0 Å². The van der Waals surface area contributed by atoms with Crippen molar-refractivity contribution in [2.45, 2.75) is 25.8 Å². The molecule has 0 saturated carbocycles. The van der Waals surface area contributed by atoms with E-state index in [0.717, 1.165) is 12.4 Å². The van der Waals surface area contributed by atoms with Gasteiger partial charge in [0.05, 0.1) is 12.6 Å². The number of methoxy groups -OCH3 is 1. The quantitative estimate of drug-likeness (QED) is 0.802. The molecule has 2 unspecified atom stereocenters. The number of nitrogens with one attached hydrogen (secondary N) is 1. The molecule has 5 nitrogen and oxygen atoms in total. The first kappa shape index (κ1) is 10.6. The summed E-state index contributed by atoms with van der Waals surface area (Å²) in [7, 11) is 1.67. The lowest BCUT2D eigenvalue weighted by molar-refractivity contribution is 0.199. The summed E-state index contributed by atoms with van der Waals surface area (Å²) in [6.45, 7) is 3.86. The van der Waals surface area contributed by atoms with Gasteiger partial charge in [0, 0.05) is 13.5 Å². The van der Waals surface area contributed by atoms with E-state index in [2.05, 4.69) is 22.4 Å². The van der Waals surface area contributed by atoms with E-state index in [0.29, 0.717) is 24.8 Å². The molecule has 0 amide bonds. The van der Waals surface area contributed by atoms with Crippen molar-refractivity contribution in [2.75, 3.05) is 20.3 Å². The average Bonchev–Trinajstić information content (AvgIpc) is 2.83. The second-order valence-electron chi connectivity index (χ2n) is 3.99. The molecule has 0 spiro atoms. The maximum Gasteiger partial charge on any atom is 0.244 e. The van der Waals surface area contributed by atoms with Crippen LogP contribution in [-0.4, -0.2) is 30.4 Å². The predicted octanol–water partition coefficient (Wildman–Crippen LogP) is 0.929. The van der Waals surface area contributed by atoms with Crippen molar-refractivity contribution in [3.05, 3.63) is 11.7 Å². The molecule has 0 radical (unpaired) electrons. The van der Waals surface area contributed by atoms with Crippen LogP contribution >= 0.6 is 0 Å². The van der Waals surface area contributed by atoms with E-state index in [1.165, 1.54) is 6.42 Å². The van der Waals surface area contributed by atoms with Gasteiger partial charge >= 0.3 is 0 Å². The Bertz CT molecular complexity index is 313. The zero-order valence-corrected chi connectivity index (χ0v) is 9.19. The summed E-state index contributed by atoms with van der Waals surface area (Å²) >= 11 is 0. The summed E-state index contributed by atoms with van der Waals surface area (Å²) in [5.74, 6) is 2.01. The number of rotatable bonds is 4. The SMILES string of the molecule is COCCc1noc(C2NCCC2C)n1. The molecule has 1 N–H and O–H groups in total. The molecule has 0 aliphatic carbocycles. The molecule has 1 aliphatic heterocycles. The third-order valence-electron chi connectivity index (χ3n) is 2.81. The molecule has 1 aromatic rings. The first-order valence-electron chi connectivity index (χ1n) is 5.36. The van der Waals surface area contributed by atoms with Gasteiger partial charge in [-0.2, -0.15) is 4.98 Å². The van der Waals surface area contributed by atoms with Crippen molar-refractivity contribution in [2.24, 2.45) is 5.92 Å². The minimum Gasteiger partial charge on any atom is -0.384 e. The van der Waals surface area contributed by atoms with E-state index in [4.69, 9.17) is 9.26 Å². The lowest BCUT2D eigenvalue weighted by Crippen LogP contribution is -2.16. The van der Waals surface area contributed by atoms with Gasteiger partial charge in [0.15, 0.2) is 5.82 Å². The van der Waals surface area contributed by atoms with Gasteiger partial charge in [-0.3, -0.25) is 0 Å². The maximum absolute atomic E-state index is 5.24. The number of hydrogen-bond donors (Lipinski definition) is 1. The average molecular weight is 211 g/mol. The van der Waals surface area contributed by atoms with Crippen LogP contribution in [0.5, 0.6) is 0 Å². The van der Waals surface area contributed by atoms with Crippen molar-refractivity contribution < 1.29 is 9.26 Å². The third kappa shape index (κ3) is 2.35. The molecule has 1 aliphatic rings. The fourth-order valence-corrected chi connectivity index (χ4v) is 1.85. The van der Waals surface area contributed by atoms with Crippen LogP contribution in [0, 0.1) is 5.92 Å². The highest BCUT2D eigenvalue weighted by Crippen LogP contribution is 2.27. The molecule has 1 aromatic heterocycles. The smallest absolute Gasteiger partial charge is 0.244 e. The molecule has 2 rings (SSSR count). The van der Waals surface area contributed by atoms with Gasteiger partial charge in [-0.05, 0) is 18.9 Å². The lowest BCUT2D eigenvalue weighted by Gasteiger charge is -2.09. The largest absolute Gasteiger partial charge is 0.384 e. The summed E-state index contributed by atoms with van der Waals surface area (Å²) in [5, 5.41) is 7.29. The van der Waals surface area contributed by atoms with Crippen molar-refractivity contribution in [3.63, 3.8) is 0 Å². The first-order chi connectivity index (χ1) is 7.31. The van der Waals surface area contributed by atoms with Gasteiger partial charge in [0.1, 0.15) is 0 Å². The minimum absolute atomic E-state index is 0.230. The van der Waals surface area contributed by atoms with E-state index in [1.54, 1.807) is 7.11 Å². The number of aromatic nitrogens is 2. The first-order valence-corrected chi connectivity index (χ1v) is 5.36. The molecular weight excluding hydrogens is 194 g/mol. The zero-order chi connectivity index (χ0) is 10.7. The van der Waals surface area contributed by atoms with Gasteiger partial charge < -0.3 is 14.6 Å². The highest BCUT2D eigenvalue weighted by Gasteiger charge is 2.29. The van der Waals surface area contributed by atoms with Crippen molar-refractivity contribution in [3.8, 4) is 0 Å². The summed E-state index contributed by atoms with van der Waals surface area (Å²) in [5.41, 5.74) is 0. The molecular formula is C10H17N3O2. The number of nitrogens with zero attached hydrogens (tertiary/aromatic N) is 2. The standard InChI is InChI=1S/C10H17N3O2/c1-7-3-5-11-9(7)10-12-8(13-15-10)4-6-14-2/h7,9,11H,3-6H2,1-2H3. The van der Waals surface area contributed by atoms with Crippen molar-refractivity contribution in [1.82, 2.24) is 15.5 Å². The Balaban J connectivity index is 1.99. The molecule has 0 aromatic carbocycles. The Morgan fingerprint density at radius 3 is 3.13 bits per heavy atom. The van der Waals surface area contributed by atoms with E-state index in [1.807, 2.05) is 0 Å². The Labute approximate surface area is 89.2 Å². The maximum atomic E-state index is 5.24. The van der Waals surface area contributed by atoms with Crippen LogP contribution in [0.3, 0.4) is 0 Å². The molecule has 5 heteroatoms. The van der Waals surface area contributed by atoms with Gasteiger partial charge in [0.25, 0.3) is 0 Å². The van der Waals surface area contributed by atoms with Crippen LogP contribution in [-0.2, 0) is 11.2 Å². The monoisotopic (exact) mass is 211 g/mol. The molecule has 84 valence electrons. The molecule has 15 heavy (non-hydrogen) atoms. The van der Waals surface area contributed by atoms with Crippen molar-refractivity contribution >= 4 is 0 Å². The normalized spacial score (nSPS) is 26.0. The fourth-order valence-electron chi connectivity index (χ4n) is 1.85. The van der Waals surface area contributed by atoms with Gasteiger partial charge in [-0.25, -0.2) is 0 Å². The zero-order valence-electron chi connectivity index (χ0n) is 9.19. The Hall–Kier alpha value is -0.940. The van der Waals surface area contributed by atoms with Gasteiger partial charge in [-0.1, -0.05) is 12.1 Å². The predicted molar refractivity (Wildman–Crippen MR) is 54.4 cm³/mol. The van der Waals surface area contributed by atoms with Gasteiger partial charge in [-0.15, -0.1) is 0 Å². The van der Waals surface area contributed by atoms with E-state index in [9.17, 15) is 0 Å². The molecule has 1 fully saturated rings. The second-order valence-corrected chi connectivity index (χ2v) is 3.99. The van der Waals surface area contributed by atoms with Crippen LogP contribution in [0.1, 0.15) is 31.1 Å². The van der Waals surface area contributed by atoms with Crippen LogP contribution in [0.25, 0.3) is 0 Å². The Morgan fingerprint density at radius 1 is 1.60 bits per heavy atom. The molecule has 2 heterocycles. The number of hydrogen-bond acceptors (Lipinski definition) is 5. The minimum atomic E-state index is 0.230. The van der Waals surface area contributed by atoms with E-state index < -0.39 is 0 Å². The number of ether oxygens (including phenoxy) is 1. The molecule has 2 atom stereocenters. The lowest BCUT2D eigenvalue weighted by atomic mass is 10.0. The Morgan fingerprint density at radius 2 is 2.47 bits per heavy atom. The fraction of sp³-hybridized carbons (Fsp3) is 0.800. The van der Waals surface area contributed by atoms with Crippen molar-refractivity contribution in [1.29, 1.82) is 0 Å². The topological polar surface area (TPSA) is 60.2 Å². The summed E-state index contributed by atoms with van der Waals surface area (Å²) in [4.78, 5) is 4.36. The highest BCUT2D eigenvalue weighted by molar-refractivity contribution is 4.98. The summed E-state index contributed by atoms with van der Waals surface area (Å²) in [6.07, 6.45) is 1.88. The second kappa shape index (κ2) is 4.72. The van der Waals surface area contributed by atoms with Crippen LogP contribution in [0.15, 0.2) is 4.52 Å². The molecule has 1 saturated heterocycles. The summed E-state index contributed by atoms with van der Waals surface area (Å²) < 4.78 is 10.2. The summed E-state index contributed by atoms with van der Waals surface area (Å²) in [6, 6.07) is 0.230. The van der Waals surface area contributed by atoms with Crippen LogP contribution < -0.4 is 5.32 Å². The highest BCUT2D eigenvalue weighted by atomic mass is 16.5. The van der Waals surface area contributed by atoms with E-state index in [-0.39, 0.29) is 6.04 Å². The van der Waals surface area contributed by atoms with E-state index >= 15 is 0 Å². The molecule has 0 bridgehead atoms.